The fourth-order valence-electron chi connectivity index (χ4n) is 3.95. The highest BCUT2D eigenvalue weighted by molar-refractivity contribution is 6.34. The molecule has 2 unspecified atom stereocenters. The minimum atomic E-state index is -0.139. The Labute approximate surface area is 181 Å². The lowest BCUT2D eigenvalue weighted by Gasteiger charge is -2.35. The van der Waals surface area contributed by atoms with E-state index in [1.165, 1.54) is 0 Å². The van der Waals surface area contributed by atoms with Crippen molar-refractivity contribution in [3.8, 4) is 11.5 Å². The molecule has 7 heteroatoms. The van der Waals surface area contributed by atoms with Gasteiger partial charge in [0.25, 0.3) is 11.8 Å². The molecule has 2 aliphatic heterocycles. The molecule has 2 aliphatic rings. The quantitative estimate of drug-likeness (QED) is 0.749. The van der Waals surface area contributed by atoms with E-state index < -0.39 is 0 Å². The van der Waals surface area contributed by atoms with Crippen LogP contribution < -0.4 is 14.8 Å². The highest BCUT2D eigenvalue weighted by Crippen LogP contribution is 2.34. The second kappa shape index (κ2) is 8.81. The minimum absolute atomic E-state index is 0.00692. The van der Waals surface area contributed by atoms with Crippen LogP contribution in [0.2, 0.25) is 0 Å². The van der Waals surface area contributed by atoms with E-state index in [9.17, 15) is 9.59 Å². The molecule has 7 nitrogen and oxygen atoms in total. The largest absolute Gasteiger partial charge is 0.493 e. The number of morpholine rings is 1. The first-order valence-corrected chi connectivity index (χ1v) is 10.3. The minimum Gasteiger partial charge on any atom is -0.493 e. The molecule has 0 spiro atoms. The Balaban J connectivity index is 1.48. The topological polar surface area (TPSA) is 77.1 Å². The molecule has 0 radical (unpaired) electrons. The SMILES string of the molecule is COc1cc(/C=C2\C(=O)Nc3ccccc32)ccc1OCC(=O)N1CC(C)OC(C)C1. The second-order valence-electron chi connectivity index (χ2n) is 7.81. The molecule has 1 N–H and O–H groups in total. The van der Waals surface area contributed by atoms with Crippen LogP contribution in [0.15, 0.2) is 42.5 Å². The number of benzene rings is 2. The van der Waals surface area contributed by atoms with Crippen molar-refractivity contribution in [1.29, 1.82) is 0 Å². The van der Waals surface area contributed by atoms with Crippen LogP contribution in [0, 0.1) is 0 Å². The van der Waals surface area contributed by atoms with Gasteiger partial charge in [-0.2, -0.15) is 0 Å². The summed E-state index contributed by atoms with van der Waals surface area (Å²) in [6.07, 6.45) is 1.83. The fraction of sp³-hybridized carbons (Fsp3) is 0.333. The monoisotopic (exact) mass is 422 g/mol. The van der Waals surface area contributed by atoms with Gasteiger partial charge in [0.05, 0.1) is 19.3 Å². The maximum Gasteiger partial charge on any atom is 0.260 e. The van der Waals surface area contributed by atoms with E-state index in [4.69, 9.17) is 14.2 Å². The molecule has 4 rings (SSSR count). The third-order valence-electron chi connectivity index (χ3n) is 5.33. The van der Waals surface area contributed by atoms with Crippen molar-refractivity contribution in [1.82, 2.24) is 4.90 Å². The van der Waals surface area contributed by atoms with Gasteiger partial charge < -0.3 is 24.4 Å². The molecule has 0 aromatic heterocycles. The van der Waals surface area contributed by atoms with E-state index in [1.54, 1.807) is 24.1 Å². The average Bonchev–Trinajstić information content (AvgIpc) is 3.06. The lowest BCUT2D eigenvalue weighted by molar-refractivity contribution is -0.145. The third kappa shape index (κ3) is 4.56. The standard InChI is InChI=1S/C24H26N2O5/c1-15-12-26(13-16(2)31-15)23(27)14-30-21-9-8-17(11-22(21)29-3)10-19-18-6-4-5-7-20(18)25-24(19)28/h4-11,15-16H,12-14H2,1-3H3,(H,25,28)/b19-10-. The molecular weight excluding hydrogens is 396 g/mol. The zero-order valence-electron chi connectivity index (χ0n) is 17.9. The molecule has 2 heterocycles. The first-order valence-electron chi connectivity index (χ1n) is 10.3. The molecule has 2 amide bonds. The number of carbonyl (C=O) groups is 2. The van der Waals surface area contributed by atoms with Crippen molar-refractivity contribution >= 4 is 29.2 Å². The van der Waals surface area contributed by atoms with E-state index in [0.29, 0.717) is 30.2 Å². The Hall–Kier alpha value is -3.32. The predicted molar refractivity (Wildman–Crippen MR) is 118 cm³/mol. The number of methoxy groups -OCH3 is 1. The molecular formula is C24H26N2O5. The zero-order valence-corrected chi connectivity index (χ0v) is 17.9. The Morgan fingerprint density at radius 2 is 1.90 bits per heavy atom. The molecule has 31 heavy (non-hydrogen) atoms. The van der Waals surface area contributed by atoms with Crippen molar-refractivity contribution in [2.75, 3.05) is 32.1 Å². The molecule has 1 saturated heterocycles. The van der Waals surface area contributed by atoms with E-state index >= 15 is 0 Å². The summed E-state index contributed by atoms with van der Waals surface area (Å²) in [7, 11) is 1.55. The molecule has 2 aromatic rings. The number of ether oxygens (including phenoxy) is 3. The van der Waals surface area contributed by atoms with Gasteiger partial charge in [0, 0.05) is 29.9 Å². The van der Waals surface area contributed by atoms with Crippen LogP contribution in [0.1, 0.15) is 25.0 Å². The highest BCUT2D eigenvalue weighted by Gasteiger charge is 2.26. The molecule has 2 atom stereocenters. The first-order chi connectivity index (χ1) is 14.9. The summed E-state index contributed by atoms with van der Waals surface area (Å²) in [6, 6.07) is 12.9. The molecule has 0 saturated carbocycles. The van der Waals surface area contributed by atoms with Gasteiger partial charge in [-0.1, -0.05) is 24.3 Å². The number of anilines is 1. The zero-order chi connectivity index (χ0) is 22.0. The van der Waals surface area contributed by atoms with Gasteiger partial charge in [-0.3, -0.25) is 9.59 Å². The Kier molecular flexibility index (Phi) is 5.95. The average molecular weight is 422 g/mol. The van der Waals surface area contributed by atoms with E-state index in [1.807, 2.05) is 50.3 Å². The van der Waals surface area contributed by atoms with Gasteiger partial charge >= 0.3 is 0 Å². The van der Waals surface area contributed by atoms with Crippen molar-refractivity contribution in [3.63, 3.8) is 0 Å². The van der Waals surface area contributed by atoms with Gasteiger partial charge in [-0.25, -0.2) is 0 Å². The molecule has 162 valence electrons. The maximum absolute atomic E-state index is 12.6. The number of fused-ring (bicyclic) bond motifs is 1. The predicted octanol–water partition coefficient (Wildman–Crippen LogP) is 3.20. The molecule has 0 bridgehead atoms. The maximum atomic E-state index is 12.6. The molecule has 1 fully saturated rings. The Morgan fingerprint density at radius 3 is 2.65 bits per heavy atom. The number of nitrogens with one attached hydrogen (secondary N) is 1. The van der Waals surface area contributed by atoms with Gasteiger partial charge in [0.1, 0.15) is 0 Å². The summed E-state index contributed by atoms with van der Waals surface area (Å²) < 4.78 is 16.9. The van der Waals surface area contributed by atoms with Crippen LogP contribution in [-0.4, -0.2) is 55.7 Å². The number of rotatable bonds is 5. The summed E-state index contributed by atoms with van der Waals surface area (Å²) in [5, 5.41) is 2.86. The summed E-state index contributed by atoms with van der Waals surface area (Å²) in [5.74, 6) is 0.746. The van der Waals surface area contributed by atoms with Crippen LogP contribution in [0.3, 0.4) is 0 Å². The van der Waals surface area contributed by atoms with Crippen LogP contribution in [-0.2, 0) is 14.3 Å². The smallest absolute Gasteiger partial charge is 0.260 e. The van der Waals surface area contributed by atoms with E-state index in [0.717, 1.165) is 16.8 Å². The van der Waals surface area contributed by atoms with Gasteiger partial charge in [-0.15, -0.1) is 0 Å². The van der Waals surface area contributed by atoms with Crippen LogP contribution in [0.4, 0.5) is 5.69 Å². The number of hydrogen-bond donors (Lipinski definition) is 1. The fourth-order valence-corrected chi connectivity index (χ4v) is 3.95. The van der Waals surface area contributed by atoms with E-state index in [-0.39, 0.29) is 30.6 Å². The number of hydrogen-bond acceptors (Lipinski definition) is 5. The van der Waals surface area contributed by atoms with Crippen molar-refractivity contribution < 1.29 is 23.8 Å². The first kappa shape index (κ1) is 20.9. The normalized spacial score (nSPS) is 21.6. The molecule has 0 aliphatic carbocycles. The van der Waals surface area contributed by atoms with Gasteiger partial charge in [0.15, 0.2) is 18.1 Å². The van der Waals surface area contributed by atoms with Crippen molar-refractivity contribution in [2.24, 2.45) is 0 Å². The Morgan fingerprint density at radius 1 is 1.16 bits per heavy atom. The van der Waals surface area contributed by atoms with Crippen LogP contribution in [0.25, 0.3) is 11.6 Å². The van der Waals surface area contributed by atoms with Gasteiger partial charge in [-0.05, 0) is 43.7 Å². The number of para-hydroxylation sites is 1. The third-order valence-corrected chi connectivity index (χ3v) is 5.33. The summed E-state index contributed by atoms with van der Waals surface area (Å²) in [5.41, 5.74) is 3.06. The molecule has 2 aromatic carbocycles. The van der Waals surface area contributed by atoms with Crippen molar-refractivity contribution in [2.45, 2.75) is 26.1 Å². The Bertz CT molecular complexity index is 1020. The number of nitrogens with zero attached hydrogens (tertiary/aromatic N) is 1. The number of amides is 2. The van der Waals surface area contributed by atoms with E-state index in [2.05, 4.69) is 5.32 Å². The summed E-state index contributed by atoms with van der Waals surface area (Å²) >= 11 is 0. The lowest BCUT2D eigenvalue weighted by Crippen LogP contribution is -2.49. The highest BCUT2D eigenvalue weighted by atomic mass is 16.5. The summed E-state index contributed by atoms with van der Waals surface area (Å²) in [6.45, 7) is 4.94. The van der Waals surface area contributed by atoms with Gasteiger partial charge in [0.2, 0.25) is 0 Å². The second-order valence-corrected chi connectivity index (χ2v) is 7.81. The van der Waals surface area contributed by atoms with Crippen LogP contribution >= 0.6 is 0 Å². The summed E-state index contributed by atoms with van der Waals surface area (Å²) in [4.78, 5) is 26.7. The van der Waals surface area contributed by atoms with Crippen LogP contribution in [0.5, 0.6) is 11.5 Å². The lowest BCUT2D eigenvalue weighted by atomic mass is 10.0. The number of carbonyl (C=O) groups excluding carboxylic acids is 2. The van der Waals surface area contributed by atoms with Crippen molar-refractivity contribution in [3.05, 3.63) is 53.6 Å².